The Bertz CT molecular complexity index is 738. The molecule has 1 aliphatic carbocycles. The van der Waals surface area contributed by atoms with Gasteiger partial charge in [0.25, 0.3) is 0 Å². The van der Waals surface area contributed by atoms with E-state index >= 15 is 0 Å². The molecule has 6 heteroatoms. The fraction of sp³-hybridized carbons (Fsp3) is 0.476. The summed E-state index contributed by atoms with van der Waals surface area (Å²) < 4.78 is 0. The highest BCUT2D eigenvalue weighted by Gasteiger charge is 2.35. The van der Waals surface area contributed by atoms with Gasteiger partial charge < -0.3 is 16.0 Å². The molecule has 0 unspecified atom stereocenters. The number of nitrogens with one attached hydrogen (secondary N) is 3. The van der Waals surface area contributed by atoms with E-state index in [1.807, 2.05) is 0 Å². The van der Waals surface area contributed by atoms with Crippen LogP contribution < -0.4 is 16.0 Å². The summed E-state index contributed by atoms with van der Waals surface area (Å²) in [6, 6.07) is 6.83. The Kier molecular flexibility index (Phi) is 7.16. The lowest BCUT2D eigenvalue weighted by molar-refractivity contribution is -0.138. The zero-order chi connectivity index (χ0) is 19.9. The van der Waals surface area contributed by atoms with Gasteiger partial charge in [-0.05, 0) is 64.2 Å². The Morgan fingerprint density at radius 1 is 1.04 bits per heavy atom. The van der Waals surface area contributed by atoms with Crippen LogP contribution in [0.1, 0.15) is 52.9 Å². The third kappa shape index (κ3) is 6.24. The normalized spacial score (nSPS) is 14.1. The Morgan fingerprint density at radius 2 is 1.74 bits per heavy atom. The number of amides is 3. The Balaban J connectivity index is 1.90. The van der Waals surface area contributed by atoms with Crippen molar-refractivity contribution in [1.82, 2.24) is 5.32 Å². The van der Waals surface area contributed by atoms with E-state index in [9.17, 15) is 14.4 Å². The third-order valence-electron chi connectivity index (χ3n) is 4.69. The molecule has 0 aromatic heterocycles. The van der Waals surface area contributed by atoms with Gasteiger partial charge in [-0.15, -0.1) is 0 Å². The van der Waals surface area contributed by atoms with Crippen molar-refractivity contribution in [2.24, 2.45) is 5.41 Å². The average molecular weight is 371 g/mol. The van der Waals surface area contributed by atoms with Gasteiger partial charge in [0.2, 0.25) is 17.7 Å². The number of anilines is 2. The molecule has 0 bridgehead atoms. The van der Waals surface area contributed by atoms with Crippen LogP contribution in [0.3, 0.4) is 0 Å². The Morgan fingerprint density at radius 3 is 2.37 bits per heavy atom. The van der Waals surface area contributed by atoms with E-state index in [1.165, 1.54) is 25.3 Å². The minimum atomic E-state index is -1.20. The molecule has 1 aliphatic rings. The van der Waals surface area contributed by atoms with Crippen molar-refractivity contribution in [1.29, 1.82) is 0 Å². The first-order valence-corrected chi connectivity index (χ1v) is 9.44. The number of carbonyl (C=O) groups is 3. The molecule has 146 valence electrons. The van der Waals surface area contributed by atoms with Crippen molar-refractivity contribution in [2.75, 3.05) is 17.2 Å². The van der Waals surface area contributed by atoms with Gasteiger partial charge in [-0.2, -0.15) is 0 Å². The Labute approximate surface area is 160 Å². The van der Waals surface area contributed by atoms with E-state index in [-0.39, 0.29) is 11.8 Å². The quantitative estimate of drug-likeness (QED) is 0.505. The van der Waals surface area contributed by atoms with Crippen molar-refractivity contribution in [3.05, 3.63) is 35.9 Å². The second-order valence-corrected chi connectivity index (χ2v) is 7.46. The molecule has 0 saturated carbocycles. The van der Waals surface area contributed by atoms with Crippen LogP contribution in [0, 0.1) is 5.41 Å². The van der Waals surface area contributed by atoms with Crippen molar-refractivity contribution in [3.8, 4) is 0 Å². The van der Waals surface area contributed by atoms with Crippen LogP contribution in [0.25, 0.3) is 0 Å². The molecule has 0 fully saturated rings. The first-order valence-electron chi connectivity index (χ1n) is 9.44. The Hall–Kier alpha value is -2.63. The molecular weight excluding hydrogens is 342 g/mol. The summed E-state index contributed by atoms with van der Waals surface area (Å²) >= 11 is 0. The van der Waals surface area contributed by atoms with Gasteiger partial charge in [0.05, 0.1) is 0 Å². The van der Waals surface area contributed by atoms with Crippen LogP contribution in [0.4, 0.5) is 11.4 Å². The summed E-state index contributed by atoms with van der Waals surface area (Å²) in [6.07, 6.45) is 7.77. The van der Waals surface area contributed by atoms with E-state index in [0.717, 1.165) is 19.3 Å². The smallest absolute Gasteiger partial charge is 0.239 e. The van der Waals surface area contributed by atoms with E-state index in [4.69, 9.17) is 0 Å². The lowest BCUT2D eigenvalue weighted by atomic mass is 9.90. The average Bonchev–Trinajstić information content (AvgIpc) is 2.62. The summed E-state index contributed by atoms with van der Waals surface area (Å²) in [4.78, 5) is 36.3. The largest absolute Gasteiger partial charge is 0.355 e. The first-order chi connectivity index (χ1) is 12.8. The molecule has 1 aromatic carbocycles. The summed E-state index contributed by atoms with van der Waals surface area (Å²) in [7, 11) is 0. The maximum Gasteiger partial charge on any atom is 0.239 e. The predicted octanol–water partition coefficient (Wildman–Crippen LogP) is 3.62. The monoisotopic (exact) mass is 371 g/mol. The number of allylic oxidation sites excluding steroid dienone is 1. The van der Waals surface area contributed by atoms with Crippen LogP contribution in [0.2, 0.25) is 0 Å². The highest BCUT2D eigenvalue weighted by atomic mass is 16.2. The van der Waals surface area contributed by atoms with Gasteiger partial charge in [-0.1, -0.05) is 17.7 Å². The molecule has 2 rings (SSSR count). The van der Waals surface area contributed by atoms with E-state index in [1.54, 1.807) is 38.1 Å². The topological polar surface area (TPSA) is 87.3 Å². The predicted molar refractivity (Wildman–Crippen MR) is 107 cm³/mol. The van der Waals surface area contributed by atoms with Gasteiger partial charge in [0, 0.05) is 24.8 Å². The first kappa shape index (κ1) is 20.7. The van der Waals surface area contributed by atoms with Gasteiger partial charge in [-0.3, -0.25) is 14.4 Å². The van der Waals surface area contributed by atoms with Crippen LogP contribution in [0.5, 0.6) is 0 Å². The zero-order valence-corrected chi connectivity index (χ0v) is 16.4. The van der Waals surface area contributed by atoms with E-state index in [0.29, 0.717) is 17.9 Å². The molecular formula is C21H29N3O3. The second-order valence-electron chi connectivity index (χ2n) is 7.46. The van der Waals surface area contributed by atoms with Crippen molar-refractivity contribution >= 4 is 29.1 Å². The van der Waals surface area contributed by atoms with Crippen LogP contribution in [0.15, 0.2) is 35.9 Å². The molecule has 0 saturated heterocycles. The van der Waals surface area contributed by atoms with E-state index < -0.39 is 11.3 Å². The molecule has 0 heterocycles. The highest BCUT2D eigenvalue weighted by Crippen LogP contribution is 2.22. The maximum atomic E-state index is 12.6. The molecule has 1 aromatic rings. The van der Waals surface area contributed by atoms with Crippen molar-refractivity contribution in [2.45, 2.75) is 52.9 Å². The van der Waals surface area contributed by atoms with E-state index in [2.05, 4.69) is 22.0 Å². The minimum Gasteiger partial charge on any atom is -0.355 e. The standard InChI is InChI=1S/C21H29N3O3/c1-15(25)23-17-10-7-11-18(14-17)24-20(27)21(2,3)19(26)22-13-12-16-8-5-4-6-9-16/h7-8,10-11,14H,4-6,9,12-13H2,1-3H3,(H,22,26)(H,23,25)(H,24,27). The molecule has 0 aliphatic heterocycles. The molecule has 27 heavy (non-hydrogen) atoms. The van der Waals surface area contributed by atoms with Gasteiger partial charge in [0.15, 0.2) is 0 Å². The van der Waals surface area contributed by atoms with Crippen molar-refractivity contribution in [3.63, 3.8) is 0 Å². The highest BCUT2D eigenvalue weighted by molar-refractivity contribution is 6.10. The van der Waals surface area contributed by atoms with Crippen LogP contribution in [-0.4, -0.2) is 24.3 Å². The number of hydrogen-bond acceptors (Lipinski definition) is 3. The van der Waals surface area contributed by atoms with Crippen molar-refractivity contribution < 1.29 is 14.4 Å². The zero-order valence-electron chi connectivity index (χ0n) is 16.4. The summed E-state index contributed by atoms with van der Waals surface area (Å²) in [5, 5.41) is 8.30. The molecule has 6 nitrogen and oxygen atoms in total. The fourth-order valence-electron chi connectivity index (χ4n) is 2.96. The summed E-state index contributed by atoms with van der Waals surface area (Å²) in [6.45, 7) is 5.17. The molecule has 0 atom stereocenters. The lowest BCUT2D eigenvalue weighted by Crippen LogP contribution is -2.45. The van der Waals surface area contributed by atoms with Gasteiger partial charge in [-0.25, -0.2) is 0 Å². The fourth-order valence-corrected chi connectivity index (χ4v) is 2.96. The van der Waals surface area contributed by atoms with Gasteiger partial charge in [0.1, 0.15) is 5.41 Å². The minimum absolute atomic E-state index is 0.189. The molecule has 0 radical (unpaired) electrons. The van der Waals surface area contributed by atoms with Crippen LogP contribution in [-0.2, 0) is 14.4 Å². The SMILES string of the molecule is CC(=O)Nc1cccc(NC(=O)C(C)(C)C(=O)NCCC2=CCCCC2)c1. The number of benzene rings is 1. The molecule has 3 amide bonds. The molecule has 0 spiro atoms. The van der Waals surface area contributed by atoms with Gasteiger partial charge >= 0.3 is 0 Å². The second kappa shape index (κ2) is 9.35. The molecule has 3 N–H and O–H groups in total. The lowest BCUT2D eigenvalue weighted by Gasteiger charge is -2.23. The number of hydrogen-bond donors (Lipinski definition) is 3. The number of rotatable bonds is 7. The van der Waals surface area contributed by atoms with Crippen LogP contribution >= 0.6 is 0 Å². The summed E-state index contributed by atoms with van der Waals surface area (Å²) in [5.41, 5.74) is 1.30. The maximum absolute atomic E-state index is 12.6. The summed E-state index contributed by atoms with van der Waals surface area (Å²) in [5.74, 6) is -0.877. The third-order valence-corrected chi connectivity index (χ3v) is 4.69. The number of carbonyl (C=O) groups excluding carboxylic acids is 3.